The van der Waals surface area contributed by atoms with Crippen LogP contribution in [0.3, 0.4) is 0 Å². The number of hydrogen-bond donors (Lipinski definition) is 1. The first-order valence-electron chi connectivity index (χ1n) is 16.4. The third-order valence-corrected chi connectivity index (χ3v) is 9.18. The van der Waals surface area contributed by atoms with Crippen molar-refractivity contribution in [2.45, 2.75) is 76.1 Å². The summed E-state index contributed by atoms with van der Waals surface area (Å²) in [6.07, 6.45) is 4.37. The van der Waals surface area contributed by atoms with Gasteiger partial charge in [0.15, 0.2) is 5.16 Å². The van der Waals surface area contributed by atoms with Gasteiger partial charge in [-0.3, -0.25) is 4.57 Å². The van der Waals surface area contributed by atoms with E-state index in [2.05, 4.69) is 48.3 Å². The summed E-state index contributed by atoms with van der Waals surface area (Å²) in [7, 11) is 0. The van der Waals surface area contributed by atoms with Crippen molar-refractivity contribution in [2.75, 3.05) is 55.9 Å². The number of nitrogens with one attached hydrogen (secondary N) is 1. The zero-order valence-corrected chi connectivity index (χ0v) is 29.1. The first kappa shape index (κ1) is 33.0. The summed E-state index contributed by atoms with van der Waals surface area (Å²) in [6.45, 7) is 14.2. The Morgan fingerprint density at radius 3 is 2.32 bits per heavy atom. The highest BCUT2D eigenvalue weighted by Gasteiger charge is 2.30. The Balaban J connectivity index is 1.25. The number of nitrogens with zero attached hydrogens (tertiary/aromatic N) is 7. The highest BCUT2D eigenvalue weighted by molar-refractivity contribution is 7.98. The second kappa shape index (κ2) is 13.7. The van der Waals surface area contributed by atoms with Gasteiger partial charge in [-0.1, -0.05) is 48.2 Å². The SMILES string of the molecule is CSc1nc2ccccc2n1-c1nc(NC(C)(C)Cc2ccccc2C2CCN(C(=O)OC(C)(C)C)CC2)nc(N2CCOCC2)n1. The third kappa shape index (κ3) is 7.81. The zero-order valence-electron chi connectivity index (χ0n) is 28.3. The molecule has 11 nitrogen and oxygen atoms in total. The van der Waals surface area contributed by atoms with Crippen LogP contribution in [0.15, 0.2) is 53.7 Å². The van der Waals surface area contributed by atoms with E-state index in [0.29, 0.717) is 63.2 Å². The molecule has 4 heterocycles. The molecule has 0 bridgehead atoms. The number of carbonyl (C=O) groups is 1. The van der Waals surface area contributed by atoms with Crippen molar-refractivity contribution in [3.63, 3.8) is 0 Å². The van der Waals surface area contributed by atoms with Crippen molar-refractivity contribution in [3.05, 3.63) is 59.7 Å². The van der Waals surface area contributed by atoms with Gasteiger partial charge in [-0.15, -0.1) is 0 Å². The van der Waals surface area contributed by atoms with Gasteiger partial charge < -0.3 is 24.6 Å². The van der Waals surface area contributed by atoms with E-state index < -0.39 is 5.60 Å². The van der Waals surface area contributed by atoms with Crippen LogP contribution in [0.25, 0.3) is 17.0 Å². The van der Waals surface area contributed by atoms with Crippen molar-refractivity contribution in [2.24, 2.45) is 0 Å². The topological polar surface area (TPSA) is 111 Å². The maximum atomic E-state index is 12.7. The maximum absolute atomic E-state index is 12.7. The fraction of sp³-hybridized carbons (Fsp3) is 0.514. The van der Waals surface area contributed by atoms with Crippen molar-refractivity contribution in [3.8, 4) is 5.95 Å². The summed E-state index contributed by atoms with van der Waals surface area (Å²) in [5, 5.41) is 4.50. The van der Waals surface area contributed by atoms with Crippen LogP contribution < -0.4 is 10.2 Å². The summed E-state index contributed by atoms with van der Waals surface area (Å²) < 4.78 is 13.3. The molecule has 12 heteroatoms. The van der Waals surface area contributed by atoms with Crippen LogP contribution in [0.1, 0.15) is 64.5 Å². The first-order valence-corrected chi connectivity index (χ1v) is 17.7. The Hall–Kier alpha value is -3.90. The summed E-state index contributed by atoms with van der Waals surface area (Å²) in [4.78, 5) is 36.4. The van der Waals surface area contributed by atoms with Gasteiger partial charge >= 0.3 is 6.09 Å². The van der Waals surface area contributed by atoms with Gasteiger partial charge in [-0.05, 0) is 89.3 Å². The molecule has 6 rings (SSSR count). The summed E-state index contributed by atoms with van der Waals surface area (Å²) in [6, 6.07) is 16.7. The number of anilines is 2. The molecule has 2 aromatic heterocycles. The third-order valence-electron chi connectivity index (χ3n) is 8.54. The molecule has 0 unspecified atom stereocenters. The number of para-hydroxylation sites is 2. The second-order valence-corrected chi connectivity index (χ2v) is 14.7. The predicted octanol–water partition coefficient (Wildman–Crippen LogP) is 6.32. The van der Waals surface area contributed by atoms with Gasteiger partial charge in [0, 0.05) is 31.7 Å². The minimum atomic E-state index is -0.495. The molecule has 2 aromatic carbocycles. The van der Waals surface area contributed by atoms with Gasteiger partial charge in [0.05, 0.1) is 24.2 Å². The number of hydrogen-bond acceptors (Lipinski definition) is 10. The van der Waals surface area contributed by atoms with Crippen LogP contribution in [0, 0.1) is 0 Å². The maximum Gasteiger partial charge on any atom is 0.410 e. The van der Waals surface area contributed by atoms with E-state index in [0.717, 1.165) is 35.5 Å². The van der Waals surface area contributed by atoms with Crippen molar-refractivity contribution < 1.29 is 14.3 Å². The molecule has 2 saturated heterocycles. The number of imidazole rings is 1. The smallest absolute Gasteiger partial charge is 0.410 e. The lowest BCUT2D eigenvalue weighted by molar-refractivity contribution is 0.0204. The predicted molar refractivity (Wildman–Crippen MR) is 187 cm³/mol. The largest absolute Gasteiger partial charge is 0.444 e. The van der Waals surface area contributed by atoms with E-state index in [1.165, 1.54) is 11.1 Å². The Bertz CT molecular complexity index is 1700. The lowest BCUT2D eigenvalue weighted by Gasteiger charge is -2.35. The fourth-order valence-corrected chi connectivity index (χ4v) is 6.92. The minimum absolute atomic E-state index is 0.226. The number of rotatable bonds is 8. The number of fused-ring (bicyclic) bond motifs is 1. The molecule has 2 aliphatic heterocycles. The van der Waals surface area contributed by atoms with Crippen LogP contribution in [0.4, 0.5) is 16.7 Å². The Kier molecular flexibility index (Phi) is 9.61. The standard InChI is InChI=1S/C35H46N8O3S/c1-34(2,3)46-33(44)42-17-15-24(16-18-42)26-12-8-7-11-25(26)23-35(4,5)40-29-37-30(41-19-21-45-22-20-41)39-31(38-29)43-28-14-10-9-13-27(28)36-32(43)47-6/h7-14,24H,15-23H2,1-6H3,(H,37,38,39,40). The number of thioether (sulfide) groups is 1. The van der Waals surface area contributed by atoms with Crippen LogP contribution >= 0.6 is 11.8 Å². The van der Waals surface area contributed by atoms with Crippen molar-refractivity contribution >= 4 is 40.8 Å². The molecule has 0 saturated carbocycles. The van der Waals surface area contributed by atoms with E-state index in [9.17, 15) is 4.79 Å². The lowest BCUT2D eigenvalue weighted by Crippen LogP contribution is -2.41. The minimum Gasteiger partial charge on any atom is -0.444 e. The molecule has 0 aliphatic carbocycles. The van der Waals surface area contributed by atoms with Crippen LogP contribution in [0.2, 0.25) is 0 Å². The Morgan fingerprint density at radius 2 is 1.60 bits per heavy atom. The molecular weight excluding hydrogens is 613 g/mol. The Labute approximate surface area is 281 Å². The van der Waals surface area contributed by atoms with Gasteiger partial charge in [-0.2, -0.15) is 15.0 Å². The average molecular weight is 659 g/mol. The highest BCUT2D eigenvalue weighted by atomic mass is 32.2. The van der Waals surface area contributed by atoms with E-state index in [1.807, 2.05) is 60.8 Å². The molecule has 1 amide bonds. The quantitative estimate of drug-likeness (QED) is 0.216. The highest BCUT2D eigenvalue weighted by Crippen LogP contribution is 2.33. The number of carbonyl (C=O) groups excluding carboxylic acids is 1. The molecule has 47 heavy (non-hydrogen) atoms. The molecule has 1 N–H and O–H groups in total. The first-order chi connectivity index (χ1) is 22.5. The number of benzene rings is 2. The molecule has 250 valence electrons. The van der Waals surface area contributed by atoms with Crippen LogP contribution in [-0.2, 0) is 15.9 Å². The van der Waals surface area contributed by atoms with Crippen molar-refractivity contribution in [1.82, 2.24) is 29.4 Å². The molecule has 2 aliphatic rings. The van der Waals surface area contributed by atoms with Crippen molar-refractivity contribution in [1.29, 1.82) is 0 Å². The number of amides is 1. The molecule has 0 atom stereocenters. The zero-order chi connectivity index (χ0) is 33.2. The normalized spacial score (nSPS) is 16.5. The van der Waals surface area contributed by atoms with Crippen LogP contribution in [0.5, 0.6) is 0 Å². The molecule has 0 spiro atoms. The van der Waals surface area contributed by atoms with E-state index in [1.54, 1.807) is 11.8 Å². The number of morpholine rings is 1. The average Bonchev–Trinajstić information content (AvgIpc) is 3.43. The number of ether oxygens (including phenoxy) is 2. The van der Waals surface area contributed by atoms with E-state index >= 15 is 0 Å². The monoisotopic (exact) mass is 658 g/mol. The Morgan fingerprint density at radius 1 is 0.915 bits per heavy atom. The fourth-order valence-electron chi connectivity index (χ4n) is 6.36. The molecule has 0 radical (unpaired) electrons. The number of aromatic nitrogens is 5. The summed E-state index contributed by atoms with van der Waals surface area (Å²) in [5.41, 5.74) is 3.60. The van der Waals surface area contributed by atoms with Gasteiger partial charge in [0.25, 0.3) is 0 Å². The van der Waals surface area contributed by atoms with Gasteiger partial charge in [-0.25, -0.2) is 9.78 Å². The molecule has 2 fully saturated rings. The van der Waals surface area contributed by atoms with E-state index in [-0.39, 0.29) is 11.6 Å². The second-order valence-electron chi connectivity index (χ2n) is 13.9. The summed E-state index contributed by atoms with van der Waals surface area (Å²) in [5.74, 6) is 2.06. The van der Waals surface area contributed by atoms with Gasteiger partial charge in [0.1, 0.15) is 5.60 Å². The van der Waals surface area contributed by atoms with E-state index in [4.69, 9.17) is 29.4 Å². The van der Waals surface area contributed by atoms with Gasteiger partial charge in [0.2, 0.25) is 17.8 Å². The number of likely N-dealkylation sites (tertiary alicyclic amines) is 1. The lowest BCUT2D eigenvalue weighted by atomic mass is 9.83. The molecular formula is C35H46N8O3S. The molecule has 4 aromatic rings. The number of piperidine rings is 1. The van der Waals surface area contributed by atoms with Crippen LogP contribution in [-0.4, -0.2) is 92.3 Å². The summed E-state index contributed by atoms with van der Waals surface area (Å²) >= 11 is 1.57.